The molecule has 15 heavy (non-hydrogen) atoms. The molecule has 0 bridgehead atoms. The molecule has 7 heteroatoms. The van der Waals surface area contributed by atoms with Crippen LogP contribution in [0.5, 0.6) is 5.88 Å². The van der Waals surface area contributed by atoms with Crippen LogP contribution in [0, 0.1) is 10.1 Å². The zero-order valence-electron chi connectivity index (χ0n) is 7.71. The molecule has 0 spiro atoms. The average molecular weight is 211 g/mol. The van der Waals surface area contributed by atoms with Crippen LogP contribution >= 0.6 is 0 Å². The van der Waals surface area contributed by atoms with Gasteiger partial charge in [0.15, 0.2) is 0 Å². The second-order valence-corrected chi connectivity index (χ2v) is 3.11. The van der Waals surface area contributed by atoms with Crippen LogP contribution in [-0.2, 0) is 0 Å². The van der Waals surface area contributed by atoms with Crippen molar-refractivity contribution in [1.82, 2.24) is 4.98 Å². The molecule has 1 aromatic rings. The number of rotatable bonds is 2. The molecular weight excluding hydrogens is 202 g/mol. The van der Waals surface area contributed by atoms with E-state index < -0.39 is 4.92 Å². The van der Waals surface area contributed by atoms with E-state index in [1.165, 1.54) is 6.07 Å². The standard InChI is InChI=1S/C8H9N3O4/c12-4-6-3-9-7-1-5(11(13)14)2-10-8(7)15-6/h1-2,6,9,12H,3-4H2. The number of aromatic nitrogens is 1. The van der Waals surface area contributed by atoms with Gasteiger partial charge in [-0.05, 0) is 0 Å². The van der Waals surface area contributed by atoms with E-state index in [1.54, 1.807) is 0 Å². The van der Waals surface area contributed by atoms with E-state index in [-0.39, 0.29) is 24.3 Å². The molecule has 0 fully saturated rings. The number of anilines is 1. The Labute approximate surface area is 84.9 Å². The normalized spacial score (nSPS) is 18.6. The lowest BCUT2D eigenvalue weighted by Gasteiger charge is -2.24. The van der Waals surface area contributed by atoms with Crippen molar-refractivity contribution in [3.63, 3.8) is 0 Å². The maximum absolute atomic E-state index is 10.5. The molecule has 0 saturated carbocycles. The summed E-state index contributed by atoms with van der Waals surface area (Å²) >= 11 is 0. The van der Waals surface area contributed by atoms with Crippen molar-refractivity contribution in [2.24, 2.45) is 0 Å². The van der Waals surface area contributed by atoms with Crippen molar-refractivity contribution in [2.75, 3.05) is 18.5 Å². The predicted molar refractivity (Wildman–Crippen MR) is 50.9 cm³/mol. The second-order valence-electron chi connectivity index (χ2n) is 3.11. The van der Waals surface area contributed by atoms with Gasteiger partial charge in [-0.3, -0.25) is 10.1 Å². The van der Waals surface area contributed by atoms with Crippen LogP contribution in [0.1, 0.15) is 0 Å². The summed E-state index contributed by atoms with van der Waals surface area (Å²) in [5.41, 5.74) is 0.390. The van der Waals surface area contributed by atoms with Gasteiger partial charge >= 0.3 is 0 Å². The van der Waals surface area contributed by atoms with Crippen LogP contribution < -0.4 is 10.1 Å². The lowest BCUT2D eigenvalue weighted by molar-refractivity contribution is -0.385. The number of fused-ring (bicyclic) bond motifs is 1. The number of aliphatic hydroxyl groups is 1. The van der Waals surface area contributed by atoms with Crippen LogP contribution in [0.25, 0.3) is 0 Å². The van der Waals surface area contributed by atoms with Gasteiger partial charge in [-0.25, -0.2) is 4.98 Å². The molecule has 1 atom stereocenters. The van der Waals surface area contributed by atoms with Gasteiger partial charge in [0.1, 0.15) is 18.0 Å². The Morgan fingerprint density at radius 2 is 2.60 bits per heavy atom. The van der Waals surface area contributed by atoms with Gasteiger partial charge in [0.05, 0.1) is 18.1 Å². The SMILES string of the molecule is O=[N+]([O-])c1cnc2c(c1)NCC(CO)O2. The van der Waals surface area contributed by atoms with E-state index in [0.717, 1.165) is 6.20 Å². The van der Waals surface area contributed by atoms with Crippen molar-refractivity contribution in [1.29, 1.82) is 0 Å². The van der Waals surface area contributed by atoms with E-state index >= 15 is 0 Å². The van der Waals surface area contributed by atoms with E-state index in [0.29, 0.717) is 12.2 Å². The van der Waals surface area contributed by atoms with Crippen molar-refractivity contribution in [2.45, 2.75) is 6.10 Å². The van der Waals surface area contributed by atoms with Crippen molar-refractivity contribution >= 4 is 11.4 Å². The van der Waals surface area contributed by atoms with Crippen LogP contribution in [0.2, 0.25) is 0 Å². The summed E-state index contributed by atoms with van der Waals surface area (Å²) in [6.45, 7) is 0.289. The topological polar surface area (TPSA) is 97.5 Å². The molecule has 2 N–H and O–H groups in total. The minimum absolute atomic E-state index is 0.0905. The van der Waals surface area contributed by atoms with Crippen LogP contribution in [0.3, 0.4) is 0 Å². The second kappa shape index (κ2) is 3.70. The molecule has 1 aliphatic heterocycles. The molecule has 1 unspecified atom stereocenters. The molecule has 1 aromatic heterocycles. The van der Waals surface area contributed by atoms with Crippen molar-refractivity contribution in [3.05, 3.63) is 22.4 Å². The molecule has 0 aliphatic carbocycles. The third kappa shape index (κ3) is 1.82. The van der Waals surface area contributed by atoms with Gasteiger partial charge in [0.2, 0.25) is 5.88 Å². The molecule has 2 rings (SSSR count). The number of nitrogens with one attached hydrogen (secondary N) is 1. The van der Waals surface area contributed by atoms with Crippen LogP contribution in [0.15, 0.2) is 12.3 Å². The first-order chi connectivity index (χ1) is 7.20. The summed E-state index contributed by atoms with van der Waals surface area (Å²) in [5, 5.41) is 22.2. The predicted octanol–water partition coefficient (Wildman–Crippen LogP) is 0.155. The number of hydrogen-bond donors (Lipinski definition) is 2. The average Bonchev–Trinajstić information content (AvgIpc) is 2.27. The molecule has 0 amide bonds. The maximum atomic E-state index is 10.5. The van der Waals surface area contributed by atoms with Crippen molar-refractivity contribution in [3.8, 4) is 5.88 Å². The van der Waals surface area contributed by atoms with Gasteiger partial charge in [-0.15, -0.1) is 0 Å². The fraction of sp³-hybridized carbons (Fsp3) is 0.375. The first-order valence-corrected chi connectivity index (χ1v) is 4.36. The van der Waals surface area contributed by atoms with Gasteiger partial charge < -0.3 is 15.2 Å². The first-order valence-electron chi connectivity index (χ1n) is 4.36. The van der Waals surface area contributed by atoms with Gasteiger partial charge in [-0.1, -0.05) is 0 Å². The first kappa shape index (κ1) is 9.66. The van der Waals surface area contributed by atoms with Gasteiger partial charge in [-0.2, -0.15) is 0 Å². The monoisotopic (exact) mass is 211 g/mol. The summed E-state index contributed by atoms with van der Waals surface area (Å²) in [4.78, 5) is 13.7. The fourth-order valence-corrected chi connectivity index (χ4v) is 1.29. The number of aliphatic hydroxyl groups excluding tert-OH is 1. The summed E-state index contributed by atoms with van der Waals surface area (Å²) in [6, 6.07) is 1.36. The smallest absolute Gasteiger partial charge is 0.289 e. The molecule has 1 aliphatic rings. The lowest BCUT2D eigenvalue weighted by Crippen LogP contribution is -2.34. The highest BCUT2D eigenvalue weighted by molar-refractivity contribution is 5.58. The molecule has 7 nitrogen and oxygen atoms in total. The van der Waals surface area contributed by atoms with E-state index in [1.807, 2.05) is 0 Å². The number of hydrogen-bond acceptors (Lipinski definition) is 6. The molecule has 0 aromatic carbocycles. The Hall–Kier alpha value is -1.89. The lowest BCUT2D eigenvalue weighted by atomic mass is 10.3. The molecule has 2 heterocycles. The number of pyridine rings is 1. The summed E-state index contributed by atoms with van der Waals surface area (Å²) < 4.78 is 5.27. The number of ether oxygens (including phenoxy) is 1. The molecule has 80 valence electrons. The Morgan fingerprint density at radius 1 is 1.80 bits per heavy atom. The Morgan fingerprint density at radius 3 is 3.27 bits per heavy atom. The molecule has 0 radical (unpaired) electrons. The number of nitro groups is 1. The third-order valence-electron chi connectivity index (χ3n) is 2.05. The third-order valence-corrected chi connectivity index (χ3v) is 2.05. The zero-order valence-corrected chi connectivity index (χ0v) is 7.71. The van der Waals surface area contributed by atoms with E-state index in [4.69, 9.17) is 9.84 Å². The molecule has 0 saturated heterocycles. The minimum Gasteiger partial charge on any atom is -0.469 e. The zero-order chi connectivity index (χ0) is 10.8. The van der Waals surface area contributed by atoms with Gasteiger partial charge in [0, 0.05) is 6.07 Å². The number of nitrogens with zero attached hydrogens (tertiary/aromatic N) is 2. The summed E-state index contributed by atoms with van der Waals surface area (Å²) in [5.74, 6) is 0.283. The Balaban J connectivity index is 2.28. The Kier molecular flexibility index (Phi) is 2.38. The highest BCUT2D eigenvalue weighted by atomic mass is 16.6. The minimum atomic E-state index is -0.521. The fourth-order valence-electron chi connectivity index (χ4n) is 1.29. The van der Waals surface area contributed by atoms with Crippen molar-refractivity contribution < 1.29 is 14.8 Å². The largest absolute Gasteiger partial charge is 0.469 e. The van der Waals surface area contributed by atoms with Crippen LogP contribution in [0.4, 0.5) is 11.4 Å². The van der Waals surface area contributed by atoms with Crippen LogP contribution in [-0.4, -0.2) is 34.3 Å². The highest BCUT2D eigenvalue weighted by Crippen LogP contribution is 2.29. The van der Waals surface area contributed by atoms with E-state index in [9.17, 15) is 10.1 Å². The summed E-state index contributed by atoms with van der Waals surface area (Å²) in [7, 11) is 0. The highest BCUT2D eigenvalue weighted by Gasteiger charge is 2.21. The van der Waals surface area contributed by atoms with Gasteiger partial charge in [0.25, 0.3) is 5.69 Å². The Bertz CT molecular complexity index is 395. The quantitative estimate of drug-likeness (QED) is 0.534. The maximum Gasteiger partial charge on any atom is 0.289 e. The molecular formula is C8H9N3O4. The van der Waals surface area contributed by atoms with E-state index in [2.05, 4.69) is 10.3 Å². The summed E-state index contributed by atoms with van der Waals surface area (Å²) in [6.07, 6.45) is 0.770.